The van der Waals surface area contributed by atoms with Crippen LogP contribution >= 0.6 is 15.9 Å². The van der Waals surface area contributed by atoms with E-state index in [1.165, 1.54) is 5.56 Å². The van der Waals surface area contributed by atoms with E-state index in [1.54, 1.807) is 11.9 Å². The standard InChI is InChI=1S/C10H12BrNO/c1-8-3-5-9(6-4-8)12(2)10(13)7-11/h3-6H,7H2,1-2H3. The van der Waals surface area contributed by atoms with Crippen LogP contribution in [-0.2, 0) is 4.79 Å². The van der Waals surface area contributed by atoms with Gasteiger partial charge in [0.2, 0.25) is 5.91 Å². The normalized spacial score (nSPS) is 9.77. The van der Waals surface area contributed by atoms with Crippen molar-refractivity contribution in [1.29, 1.82) is 0 Å². The van der Waals surface area contributed by atoms with Gasteiger partial charge in [-0.25, -0.2) is 0 Å². The number of alkyl halides is 1. The Hall–Kier alpha value is -0.830. The number of amides is 1. The summed E-state index contributed by atoms with van der Waals surface area (Å²) in [6.07, 6.45) is 0. The summed E-state index contributed by atoms with van der Waals surface area (Å²) in [4.78, 5) is 12.9. The minimum absolute atomic E-state index is 0.0591. The average Bonchev–Trinajstić information content (AvgIpc) is 2.17. The molecule has 0 radical (unpaired) electrons. The first-order valence-corrected chi connectivity index (χ1v) is 5.16. The second-order valence-corrected chi connectivity index (χ2v) is 3.48. The van der Waals surface area contributed by atoms with Crippen molar-refractivity contribution in [3.8, 4) is 0 Å². The maximum atomic E-state index is 11.3. The predicted molar refractivity (Wildman–Crippen MR) is 58.4 cm³/mol. The number of anilines is 1. The van der Waals surface area contributed by atoms with Crippen LogP contribution < -0.4 is 4.90 Å². The average molecular weight is 242 g/mol. The Kier molecular flexibility index (Phi) is 3.48. The summed E-state index contributed by atoms with van der Waals surface area (Å²) < 4.78 is 0. The first-order valence-electron chi connectivity index (χ1n) is 4.04. The summed E-state index contributed by atoms with van der Waals surface area (Å²) in [7, 11) is 1.77. The molecule has 0 aliphatic heterocycles. The first kappa shape index (κ1) is 10.3. The van der Waals surface area contributed by atoms with E-state index in [4.69, 9.17) is 0 Å². The van der Waals surface area contributed by atoms with E-state index in [0.29, 0.717) is 5.33 Å². The number of aryl methyl sites for hydroxylation is 1. The number of nitrogens with zero attached hydrogens (tertiary/aromatic N) is 1. The third-order valence-corrected chi connectivity index (χ3v) is 2.39. The highest BCUT2D eigenvalue weighted by Crippen LogP contribution is 2.13. The highest BCUT2D eigenvalue weighted by Gasteiger charge is 2.07. The molecular formula is C10H12BrNO. The molecule has 0 saturated carbocycles. The lowest BCUT2D eigenvalue weighted by molar-refractivity contribution is -0.115. The molecule has 0 aliphatic rings. The fourth-order valence-corrected chi connectivity index (χ4v) is 1.38. The van der Waals surface area contributed by atoms with Crippen LogP contribution in [0.25, 0.3) is 0 Å². The highest BCUT2D eigenvalue weighted by atomic mass is 79.9. The van der Waals surface area contributed by atoms with E-state index in [-0.39, 0.29) is 5.91 Å². The second kappa shape index (κ2) is 4.42. The van der Waals surface area contributed by atoms with E-state index in [0.717, 1.165) is 5.69 Å². The molecule has 1 amide bonds. The molecule has 3 heteroatoms. The van der Waals surface area contributed by atoms with E-state index in [9.17, 15) is 4.79 Å². The molecule has 0 atom stereocenters. The zero-order valence-electron chi connectivity index (χ0n) is 7.75. The number of halogens is 1. The summed E-state index contributed by atoms with van der Waals surface area (Å²) in [6.45, 7) is 2.02. The largest absolute Gasteiger partial charge is 0.315 e. The third-order valence-electron chi connectivity index (χ3n) is 1.91. The van der Waals surface area contributed by atoms with Gasteiger partial charge in [0.25, 0.3) is 0 Å². The molecule has 1 aromatic carbocycles. The molecule has 0 saturated heterocycles. The van der Waals surface area contributed by atoms with Gasteiger partial charge in [0.05, 0.1) is 5.33 Å². The Morgan fingerprint density at radius 3 is 2.38 bits per heavy atom. The van der Waals surface area contributed by atoms with Crippen LogP contribution in [0, 0.1) is 6.92 Å². The molecule has 1 rings (SSSR count). The maximum Gasteiger partial charge on any atom is 0.237 e. The van der Waals surface area contributed by atoms with Crippen LogP contribution in [0.3, 0.4) is 0 Å². The number of carbonyl (C=O) groups is 1. The lowest BCUT2D eigenvalue weighted by Crippen LogP contribution is -2.26. The first-order chi connectivity index (χ1) is 6.15. The minimum Gasteiger partial charge on any atom is -0.315 e. The van der Waals surface area contributed by atoms with Gasteiger partial charge in [0.1, 0.15) is 0 Å². The number of carbonyl (C=O) groups excluding carboxylic acids is 1. The Balaban J connectivity index is 2.83. The molecule has 0 heterocycles. The summed E-state index contributed by atoms with van der Waals surface area (Å²) >= 11 is 3.14. The van der Waals surface area contributed by atoms with Gasteiger partial charge in [-0.1, -0.05) is 33.6 Å². The maximum absolute atomic E-state index is 11.3. The molecule has 70 valence electrons. The molecule has 2 nitrogen and oxygen atoms in total. The van der Waals surface area contributed by atoms with Crippen molar-refractivity contribution < 1.29 is 4.79 Å². The Morgan fingerprint density at radius 2 is 1.92 bits per heavy atom. The predicted octanol–water partition coefficient (Wildman–Crippen LogP) is 2.35. The van der Waals surface area contributed by atoms with Crippen LogP contribution in [0.5, 0.6) is 0 Å². The lowest BCUT2D eigenvalue weighted by Gasteiger charge is -2.15. The fraction of sp³-hybridized carbons (Fsp3) is 0.300. The van der Waals surface area contributed by atoms with Crippen LogP contribution in [0.1, 0.15) is 5.56 Å². The molecular weight excluding hydrogens is 230 g/mol. The van der Waals surface area contributed by atoms with Crippen molar-refractivity contribution in [2.45, 2.75) is 6.92 Å². The van der Waals surface area contributed by atoms with Gasteiger partial charge >= 0.3 is 0 Å². The molecule has 13 heavy (non-hydrogen) atoms. The van der Waals surface area contributed by atoms with Crippen molar-refractivity contribution in [3.05, 3.63) is 29.8 Å². The van der Waals surface area contributed by atoms with Gasteiger partial charge in [0.15, 0.2) is 0 Å². The quantitative estimate of drug-likeness (QED) is 0.729. The van der Waals surface area contributed by atoms with E-state index >= 15 is 0 Å². The number of hydrogen-bond donors (Lipinski definition) is 0. The summed E-state index contributed by atoms with van der Waals surface area (Å²) in [5, 5.41) is 0.359. The third kappa shape index (κ3) is 2.56. The SMILES string of the molecule is Cc1ccc(N(C)C(=O)CBr)cc1. The van der Waals surface area contributed by atoms with Crippen molar-refractivity contribution in [2.75, 3.05) is 17.3 Å². The molecule has 1 aromatic rings. The molecule has 0 aliphatic carbocycles. The van der Waals surface area contributed by atoms with Crippen LogP contribution in [0.15, 0.2) is 24.3 Å². The molecule has 0 N–H and O–H groups in total. The van der Waals surface area contributed by atoms with Gasteiger partial charge in [0, 0.05) is 12.7 Å². The van der Waals surface area contributed by atoms with Crippen molar-refractivity contribution >= 4 is 27.5 Å². The van der Waals surface area contributed by atoms with E-state index in [2.05, 4.69) is 15.9 Å². The Bertz CT molecular complexity index is 294. The lowest BCUT2D eigenvalue weighted by atomic mass is 10.2. The molecule has 0 bridgehead atoms. The molecule has 0 unspecified atom stereocenters. The summed E-state index contributed by atoms with van der Waals surface area (Å²) in [5.74, 6) is 0.0591. The van der Waals surface area contributed by atoms with Crippen molar-refractivity contribution in [1.82, 2.24) is 0 Å². The monoisotopic (exact) mass is 241 g/mol. The van der Waals surface area contributed by atoms with E-state index in [1.807, 2.05) is 31.2 Å². The molecule has 0 fully saturated rings. The van der Waals surface area contributed by atoms with Gasteiger partial charge in [-0.15, -0.1) is 0 Å². The van der Waals surface area contributed by atoms with Gasteiger partial charge in [-0.05, 0) is 19.1 Å². The minimum atomic E-state index is 0.0591. The highest BCUT2D eigenvalue weighted by molar-refractivity contribution is 9.09. The Labute approximate surface area is 86.7 Å². The van der Waals surface area contributed by atoms with Crippen LogP contribution in [0.2, 0.25) is 0 Å². The smallest absolute Gasteiger partial charge is 0.237 e. The van der Waals surface area contributed by atoms with Crippen molar-refractivity contribution in [2.24, 2.45) is 0 Å². The van der Waals surface area contributed by atoms with Gasteiger partial charge in [-0.3, -0.25) is 4.79 Å². The number of hydrogen-bond acceptors (Lipinski definition) is 1. The second-order valence-electron chi connectivity index (χ2n) is 2.92. The summed E-state index contributed by atoms with van der Waals surface area (Å²) in [5.41, 5.74) is 2.12. The molecule has 0 spiro atoms. The summed E-state index contributed by atoms with van der Waals surface area (Å²) in [6, 6.07) is 7.87. The van der Waals surface area contributed by atoms with Crippen molar-refractivity contribution in [3.63, 3.8) is 0 Å². The molecule has 0 aromatic heterocycles. The van der Waals surface area contributed by atoms with Gasteiger partial charge < -0.3 is 4.90 Å². The van der Waals surface area contributed by atoms with Crippen LogP contribution in [-0.4, -0.2) is 18.3 Å². The zero-order chi connectivity index (χ0) is 9.84. The Morgan fingerprint density at radius 1 is 1.38 bits per heavy atom. The number of benzene rings is 1. The topological polar surface area (TPSA) is 20.3 Å². The fourth-order valence-electron chi connectivity index (χ4n) is 1.00. The van der Waals surface area contributed by atoms with Crippen LogP contribution in [0.4, 0.5) is 5.69 Å². The van der Waals surface area contributed by atoms with Gasteiger partial charge in [-0.2, -0.15) is 0 Å². The zero-order valence-corrected chi connectivity index (χ0v) is 9.34. The number of rotatable bonds is 2. The van der Waals surface area contributed by atoms with E-state index < -0.39 is 0 Å².